The number of aliphatic hydroxyl groups is 17. The number of aliphatic hydroxyl groups excluding tert-OH is 17. The van der Waals surface area contributed by atoms with Crippen LogP contribution in [0.2, 0.25) is 0 Å². The second-order valence-electron chi connectivity index (χ2n) is 28.3. The van der Waals surface area contributed by atoms with Crippen LogP contribution in [0, 0.1) is 29.6 Å². The van der Waals surface area contributed by atoms with E-state index in [9.17, 15) is 86.8 Å². The molecule has 100 heavy (non-hydrogen) atoms. The van der Waals surface area contributed by atoms with E-state index in [0.29, 0.717) is 83.6 Å². The second-order valence-corrected chi connectivity index (χ2v) is 28.3. The average Bonchev–Trinajstić information content (AvgIpc) is 1.39. The monoisotopic (exact) mass is 1440 g/mol. The van der Waals surface area contributed by atoms with Gasteiger partial charge in [0.05, 0.1) is 24.4 Å². The van der Waals surface area contributed by atoms with Crippen molar-refractivity contribution in [3.05, 3.63) is 12.2 Å². The lowest BCUT2D eigenvalue weighted by atomic mass is 9.78. The lowest BCUT2D eigenvalue weighted by molar-refractivity contribution is -0.108. The summed E-state index contributed by atoms with van der Waals surface area (Å²) in [5.74, 6) is 5.69. The van der Waals surface area contributed by atoms with Crippen LogP contribution in [0.3, 0.4) is 0 Å². The summed E-state index contributed by atoms with van der Waals surface area (Å²) in [5.41, 5.74) is 17.9. The first kappa shape index (κ1) is 90.3. The molecule has 0 aromatic rings. The van der Waals surface area contributed by atoms with Crippen molar-refractivity contribution in [3.8, 4) is 11.8 Å². The molecular formula is C66H137N17O17. The predicted molar refractivity (Wildman–Crippen MR) is 377 cm³/mol. The summed E-state index contributed by atoms with van der Waals surface area (Å²) >= 11 is 0. The van der Waals surface area contributed by atoms with Gasteiger partial charge in [0.15, 0.2) is 0 Å². The van der Waals surface area contributed by atoms with E-state index in [2.05, 4.69) is 99.5 Å². The molecule has 0 saturated carbocycles. The van der Waals surface area contributed by atoms with Crippen LogP contribution in [0.1, 0.15) is 183 Å². The molecule has 35 N–H and O–H groups in total. The van der Waals surface area contributed by atoms with Crippen molar-refractivity contribution in [1.29, 1.82) is 0 Å². The number of allylic oxidation sites excluding steroid dienone is 1. The van der Waals surface area contributed by atoms with E-state index >= 15 is 0 Å². The minimum Gasteiger partial charge on any atom is -0.392 e. The fraction of sp³-hybridized carbons (Fsp3) is 0.939. The summed E-state index contributed by atoms with van der Waals surface area (Å²) in [5, 5.41) is 227. The molecule has 30 unspecified atom stereocenters. The third-order valence-electron chi connectivity index (χ3n) is 19.9. The number of hydrogen-bond donors (Lipinski definition) is 33. The molecule has 3 heterocycles. The van der Waals surface area contributed by atoms with E-state index in [1.165, 1.54) is 0 Å². The Balaban J connectivity index is 1.59. The van der Waals surface area contributed by atoms with Gasteiger partial charge < -0.3 is 104 Å². The number of hydrogen-bond acceptors (Lipinski definition) is 34. The van der Waals surface area contributed by atoms with Gasteiger partial charge in [-0.15, -0.1) is 11.8 Å². The number of unbranched alkanes of at least 4 members (excludes halogenated alkanes) is 3. The second kappa shape index (κ2) is 48.3. The Morgan fingerprint density at radius 1 is 0.610 bits per heavy atom. The highest BCUT2D eigenvalue weighted by molar-refractivity contribution is 5.03. The number of hydrazine groups is 1. The van der Waals surface area contributed by atoms with E-state index in [-0.39, 0.29) is 75.3 Å². The molecule has 0 amide bonds. The molecule has 4 rings (SSSR count). The highest BCUT2D eigenvalue weighted by Crippen LogP contribution is 2.31. The van der Waals surface area contributed by atoms with Gasteiger partial charge in [0.1, 0.15) is 99.6 Å². The largest absolute Gasteiger partial charge is 0.392 e. The SMILES string of the molecule is CCCC#CCCCCC(NC(O)C(O)NC(O)C1CCCN1C(O)C1CCC(C)NCCCC(NC(C)O)C(O)NC(CC2NN2)C(O)NCC(O)CC(CCC)C(O)NC(CC(C)C2CCC=CC2N)C(O)N1)C(O)NC(CC)C(O)NC(CC)C(O)NC(O)C(O)NC(O)C(N)O. The molecule has 3 saturated heterocycles. The summed E-state index contributed by atoms with van der Waals surface area (Å²) in [6.45, 7) is 13.7. The summed E-state index contributed by atoms with van der Waals surface area (Å²) in [6.07, 6.45) is -11.8. The normalized spacial score (nSPS) is 32.9. The van der Waals surface area contributed by atoms with Crippen molar-refractivity contribution in [2.24, 2.45) is 29.2 Å². The maximum Gasteiger partial charge on any atom is 0.146 e. The van der Waals surface area contributed by atoms with Crippen LogP contribution in [0.5, 0.6) is 0 Å². The molecule has 3 fully saturated rings. The van der Waals surface area contributed by atoms with Gasteiger partial charge in [-0.1, -0.05) is 59.6 Å². The van der Waals surface area contributed by atoms with E-state index in [1.54, 1.807) is 25.7 Å². The molecule has 4 aliphatic rings. The molecule has 30 atom stereocenters. The fourth-order valence-electron chi connectivity index (χ4n) is 13.8. The van der Waals surface area contributed by atoms with Crippen molar-refractivity contribution in [3.63, 3.8) is 0 Å². The van der Waals surface area contributed by atoms with E-state index in [0.717, 1.165) is 25.7 Å². The maximum atomic E-state index is 12.7. The third-order valence-corrected chi connectivity index (χ3v) is 19.9. The first-order chi connectivity index (χ1) is 47.5. The van der Waals surface area contributed by atoms with E-state index in [4.69, 9.17) is 11.5 Å². The topological polar surface area (TPSA) is 587 Å². The average molecular weight is 1440 g/mol. The molecule has 34 heteroatoms. The molecular weight excluding hydrogens is 1300 g/mol. The Hall–Kier alpha value is -2.06. The highest BCUT2D eigenvalue weighted by atomic mass is 16.4. The van der Waals surface area contributed by atoms with Crippen molar-refractivity contribution in [2.75, 3.05) is 19.6 Å². The minimum absolute atomic E-state index is 0.0445. The standard InChI is InChI=1S/C66H137N17O17/c1-8-12-13-14-15-16-17-25-46(58(92)73-43(10-3)55(89)72-44(11-4)56(90)78-64(98)65(99)80-61(95)52(68)86)74-62(96)63(97)79-60(94)50-27-21-31-83(50)66(100)47-29-28-37(6)69-30-20-26-45(71-38(7)84)57(91)77-49(34-51-81-82-51)54(88)70-35-40(85)33-39(22-9-2)53(87)76-48(59(93)75-47)32-36(5)41-23-18-19-24-42(41)67/h19,24,36-66,69-82,84-100H,8-12,15-18,20-23,25-35,67-68H2,1-7H3. The highest BCUT2D eigenvalue weighted by Gasteiger charge is 2.42. The van der Waals surface area contributed by atoms with Gasteiger partial charge in [0, 0.05) is 80.2 Å². The van der Waals surface area contributed by atoms with Crippen LogP contribution in [-0.2, 0) is 0 Å². The van der Waals surface area contributed by atoms with Crippen molar-refractivity contribution in [1.82, 2.24) is 79.6 Å². The summed E-state index contributed by atoms with van der Waals surface area (Å²) < 4.78 is 0. The molecule has 3 aliphatic heterocycles. The number of nitrogens with two attached hydrogens (primary N) is 2. The van der Waals surface area contributed by atoms with Crippen molar-refractivity contribution < 1.29 is 86.8 Å². The smallest absolute Gasteiger partial charge is 0.146 e. The van der Waals surface area contributed by atoms with Crippen LogP contribution >= 0.6 is 0 Å². The van der Waals surface area contributed by atoms with Gasteiger partial charge in [-0.3, -0.25) is 63.4 Å². The quantitative estimate of drug-likeness (QED) is 0.00903. The molecule has 588 valence electrons. The Labute approximate surface area is 592 Å². The predicted octanol–water partition coefficient (Wildman–Crippen LogP) is -7.36. The van der Waals surface area contributed by atoms with Gasteiger partial charge >= 0.3 is 0 Å². The summed E-state index contributed by atoms with van der Waals surface area (Å²) in [6, 6.07) is -7.24. The molecule has 0 spiro atoms. The first-order valence-corrected chi connectivity index (χ1v) is 37.1. The Morgan fingerprint density at radius 2 is 1.22 bits per heavy atom. The minimum atomic E-state index is -1.89. The summed E-state index contributed by atoms with van der Waals surface area (Å²) in [4.78, 5) is 1.68. The maximum absolute atomic E-state index is 12.7. The number of β-amino-alcohol motifs (C(OH)–C–C–N with tert-alkyl or cyclic N) is 1. The Kier molecular flexibility index (Phi) is 43.6. The van der Waals surface area contributed by atoms with Crippen LogP contribution in [0.4, 0.5) is 0 Å². The number of likely N-dealkylation sites (tertiary alicyclic amines) is 1. The van der Waals surface area contributed by atoms with Crippen LogP contribution in [0.15, 0.2) is 12.2 Å². The number of nitrogens with zero attached hydrogens (tertiary/aromatic N) is 1. The molecule has 0 aromatic carbocycles. The molecule has 0 aromatic heterocycles. The van der Waals surface area contributed by atoms with Gasteiger partial charge in [-0.2, -0.15) is 0 Å². The van der Waals surface area contributed by atoms with Gasteiger partial charge in [-0.25, -0.2) is 10.9 Å². The van der Waals surface area contributed by atoms with Crippen LogP contribution in [0.25, 0.3) is 0 Å². The Morgan fingerprint density at radius 3 is 1.84 bits per heavy atom. The van der Waals surface area contributed by atoms with E-state index in [1.807, 2.05) is 26.8 Å². The Bertz CT molecular complexity index is 2230. The lowest BCUT2D eigenvalue weighted by Gasteiger charge is -2.41. The van der Waals surface area contributed by atoms with Crippen molar-refractivity contribution in [2.45, 2.75) is 356 Å². The summed E-state index contributed by atoms with van der Waals surface area (Å²) in [7, 11) is 0. The third kappa shape index (κ3) is 32.6. The van der Waals surface area contributed by atoms with Gasteiger partial charge in [0.25, 0.3) is 0 Å². The van der Waals surface area contributed by atoms with Crippen LogP contribution < -0.4 is 86.1 Å². The zero-order valence-corrected chi connectivity index (χ0v) is 60.2. The molecule has 0 radical (unpaired) electrons. The number of nitrogens with one attached hydrogen (secondary N) is 14. The van der Waals surface area contributed by atoms with E-state index < -0.39 is 160 Å². The zero-order chi connectivity index (χ0) is 74.2. The molecule has 1 aliphatic carbocycles. The lowest BCUT2D eigenvalue weighted by Crippen LogP contribution is -2.64. The molecule has 0 bridgehead atoms. The zero-order valence-electron chi connectivity index (χ0n) is 60.2. The molecule has 34 nitrogen and oxygen atoms in total. The number of rotatable bonds is 37. The van der Waals surface area contributed by atoms with Gasteiger partial charge in [-0.05, 0) is 141 Å². The van der Waals surface area contributed by atoms with Crippen molar-refractivity contribution >= 4 is 0 Å². The van der Waals surface area contributed by atoms with Gasteiger partial charge in [0.2, 0.25) is 0 Å². The first-order valence-electron chi connectivity index (χ1n) is 37.1. The van der Waals surface area contributed by atoms with Crippen LogP contribution in [-0.4, -0.2) is 284 Å². The fourth-order valence-corrected chi connectivity index (χ4v) is 13.8.